The average Bonchev–Trinajstić information content (AvgIpc) is 3.46. The number of carbonyl (C=O) groups is 2. The lowest BCUT2D eigenvalue weighted by Crippen LogP contribution is -2.36. The number of halogens is 4. The van der Waals surface area contributed by atoms with Gasteiger partial charge in [-0.15, -0.1) is 0 Å². The van der Waals surface area contributed by atoms with Crippen molar-refractivity contribution in [2.75, 3.05) is 19.6 Å². The van der Waals surface area contributed by atoms with Crippen molar-refractivity contribution in [1.29, 1.82) is 0 Å². The quantitative estimate of drug-likeness (QED) is 0.715. The van der Waals surface area contributed by atoms with Gasteiger partial charge in [-0.3, -0.25) is 9.59 Å². The molecule has 0 aromatic heterocycles. The standard InChI is InChI=1S/C23H22ClF3N2O2/c24-18-6-2-4-16(10-18)22(31)29-12-19(15-3-1-5-17(9-15)23(25,26)27)20(13-29)21(30)28-11-14-7-8-14/h1-6,9-10,14,19-20H,7-8,11-13H2,(H,28,30)/t19-,20-/m0/s1. The van der Waals surface area contributed by atoms with Crippen LogP contribution in [0.15, 0.2) is 48.5 Å². The molecule has 2 amide bonds. The Morgan fingerprint density at radius 1 is 1.06 bits per heavy atom. The van der Waals surface area contributed by atoms with Gasteiger partial charge >= 0.3 is 6.18 Å². The van der Waals surface area contributed by atoms with Gasteiger partial charge in [0.25, 0.3) is 5.91 Å². The fourth-order valence-corrected chi connectivity index (χ4v) is 4.21. The number of alkyl halides is 3. The summed E-state index contributed by atoms with van der Waals surface area (Å²) in [4.78, 5) is 27.4. The molecule has 4 rings (SSSR count). The van der Waals surface area contributed by atoms with E-state index in [1.54, 1.807) is 30.3 Å². The number of rotatable bonds is 5. The van der Waals surface area contributed by atoms with Crippen LogP contribution < -0.4 is 5.32 Å². The Bertz CT molecular complexity index is 991. The van der Waals surface area contributed by atoms with Crippen LogP contribution in [0.4, 0.5) is 13.2 Å². The molecule has 1 heterocycles. The van der Waals surface area contributed by atoms with Crippen LogP contribution in [-0.4, -0.2) is 36.3 Å². The average molecular weight is 451 g/mol. The Hall–Kier alpha value is -2.54. The molecule has 2 fully saturated rings. The second-order valence-electron chi connectivity index (χ2n) is 8.25. The summed E-state index contributed by atoms with van der Waals surface area (Å²) in [6, 6.07) is 11.5. The van der Waals surface area contributed by atoms with Crippen molar-refractivity contribution < 1.29 is 22.8 Å². The molecule has 2 atom stereocenters. The van der Waals surface area contributed by atoms with Crippen LogP contribution in [0.1, 0.15) is 40.2 Å². The van der Waals surface area contributed by atoms with E-state index in [0.717, 1.165) is 25.0 Å². The fraction of sp³-hybridized carbons (Fsp3) is 0.391. The Balaban J connectivity index is 1.60. The lowest BCUT2D eigenvalue weighted by Gasteiger charge is -2.19. The summed E-state index contributed by atoms with van der Waals surface area (Å²) in [7, 11) is 0. The second-order valence-corrected chi connectivity index (χ2v) is 8.68. The third kappa shape index (κ3) is 5.03. The van der Waals surface area contributed by atoms with Crippen molar-refractivity contribution in [2.45, 2.75) is 24.9 Å². The zero-order chi connectivity index (χ0) is 22.2. The molecular weight excluding hydrogens is 429 g/mol. The predicted molar refractivity (Wildman–Crippen MR) is 111 cm³/mol. The van der Waals surface area contributed by atoms with E-state index in [1.807, 2.05) is 0 Å². The van der Waals surface area contributed by atoms with Crippen molar-refractivity contribution in [3.8, 4) is 0 Å². The highest BCUT2D eigenvalue weighted by Gasteiger charge is 2.42. The number of hydrogen-bond acceptors (Lipinski definition) is 2. The molecule has 0 radical (unpaired) electrons. The van der Waals surface area contributed by atoms with Gasteiger partial charge < -0.3 is 10.2 Å². The lowest BCUT2D eigenvalue weighted by atomic mass is 9.87. The van der Waals surface area contributed by atoms with Crippen LogP contribution in [0.2, 0.25) is 5.02 Å². The smallest absolute Gasteiger partial charge is 0.356 e. The van der Waals surface area contributed by atoms with Crippen LogP contribution in [0.5, 0.6) is 0 Å². The summed E-state index contributed by atoms with van der Waals surface area (Å²) in [5.74, 6) is -1.19. The molecule has 8 heteroatoms. The van der Waals surface area contributed by atoms with Crippen LogP contribution in [0.3, 0.4) is 0 Å². The highest BCUT2D eigenvalue weighted by molar-refractivity contribution is 6.30. The van der Waals surface area contributed by atoms with Gasteiger partial charge in [-0.25, -0.2) is 0 Å². The molecule has 1 saturated carbocycles. The maximum atomic E-state index is 13.2. The van der Waals surface area contributed by atoms with E-state index in [0.29, 0.717) is 28.6 Å². The number of carbonyl (C=O) groups excluding carboxylic acids is 2. The number of likely N-dealkylation sites (tertiary alicyclic amines) is 1. The summed E-state index contributed by atoms with van der Waals surface area (Å²) in [5.41, 5.74) is 0.0267. The molecule has 0 bridgehead atoms. The third-order valence-corrected chi connectivity index (χ3v) is 6.15. The molecule has 1 aliphatic heterocycles. The Morgan fingerprint density at radius 2 is 1.81 bits per heavy atom. The molecule has 0 spiro atoms. The molecular formula is C23H22ClF3N2O2. The SMILES string of the molecule is O=C(NCC1CC1)[C@H]1CN(C(=O)c2cccc(Cl)c2)C[C@H]1c1cccc(C(F)(F)F)c1. The first-order valence-electron chi connectivity index (χ1n) is 10.2. The highest BCUT2D eigenvalue weighted by atomic mass is 35.5. The van der Waals surface area contributed by atoms with Gasteiger partial charge in [0.1, 0.15) is 0 Å². The summed E-state index contributed by atoms with van der Waals surface area (Å²) in [6.07, 6.45) is -2.34. The van der Waals surface area contributed by atoms with E-state index in [4.69, 9.17) is 11.6 Å². The molecule has 0 unspecified atom stereocenters. The van der Waals surface area contributed by atoms with E-state index in [2.05, 4.69) is 5.32 Å². The summed E-state index contributed by atoms with van der Waals surface area (Å²) in [5, 5.41) is 3.33. The first kappa shape index (κ1) is 21.7. The minimum absolute atomic E-state index is 0.142. The number of amides is 2. The van der Waals surface area contributed by atoms with Crippen LogP contribution in [0, 0.1) is 11.8 Å². The highest BCUT2D eigenvalue weighted by Crippen LogP contribution is 2.37. The van der Waals surface area contributed by atoms with Crippen LogP contribution >= 0.6 is 11.6 Å². The molecule has 1 aliphatic carbocycles. The number of nitrogens with one attached hydrogen (secondary N) is 1. The predicted octanol–water partition coefficient (Wildman–Crippen LogP) is 4.74. The van der Waals surface area contributed by atoms with E-state index >= 15 is 0 Å². The molecule has 31 heavy (non-hydrogen) atoms. The third-order valence-electron chi connectivity index (χ3n) is 5.92. The summed E-state index contributed by atoms with van der Waals surface area (Å²) < 4.78 is 39.7. The number of nitrogens with zero attached hydrogens (tertiary/aromatic N) is 1. The van der Waals surface area contributed by atoms with Gasteiger partial charge in [0.2, 0.25) is 5.91 Å². The first-order chi connectivity index (χ1) is 14.7. The van der Waals surface area contributed by atoms with Crippen molar-refractivity contribution in [1.82, 2.24) is 10.2 Å². The Labute approximate surface area is 183 Å². The van der Waals surface area contributed by atoms with Crippen molar-refractivity contribution in [2.24, 2.45) is 11.8 Å². The maximum absolute atomic E-state index is 13.2. The van der Waals surface area contributed by atoms with E-state index in [1.165, 1.54) is 11.0 Å². The maximum Gasteiger partial charge on any atom is 0.416 e. The van der Waals surface area contributed by atoms with Gasteiger partial charge in [-0.2, -0.15) is 13.2 Å². The zero-order valence-electron chi connectivity index (χ0n) is 16.7. The summed E-state index contributed by atoms with van der Waals surface area (Å²) in [6.45, 7) is 0.865. The van der Waals surface area contributed by atoms with Crippen LogP contribution in [0.25, 0.3) is 0 Å². The molecule has 1 N–H and O–H groups in total. The van der Waals surface area contributed by atoms with Crippen molar-refractivity contribution in [3.05, 3.63) is 70.2 Å². The molecule has 2 aromatic carbocycles. The zero-order valence-corrected chi connectivity index (χ0v) is 17.4. The summed E-state index contributed by atoms with van der Waals surface area (Å²) >= 11 is 5.99. The molecule has 164 valence electrons. The topological polar surface area (TPSA) is 49.4 Å². The minimum Gasteiger partial charge on any atom is -0.356 e. The van der Waals surface area contributed by atoms with E-state index in [9.17, 15) is 22.8 Å². The van der Waals surface area contributed by atoms with Crippen LogP contribution in [-0.2, 0) is 11.0 Å². The van der Waals surface area contributed by atoms with Gasteiger partial charge in [0.15, 0.2) is 0 Å². The van der Waals surface area contributed by atoms with Gasteiger partial charge in [0, 0.05) is 36.1 Å². The second kappa shape index (κ2) is 8.54. The lowest BCUT2D eigenvalue weighted by molar-refractivity contribution is -0.137. The molecule has 4 nitrogen and oxygen atoms in total. The van der Waals surface area contributed by atoms with Gasteiger partial charge in [-0.1, -0.05) is 35.9 Å². The number of benzene rings is 2. The fourth-order valence-electron chi connectivity index (χ4n) is 4.02. The van der Waals surface area contributed by atoms with Gasteiger partial charge in [-0.05, 0) is 48.6 Å². The van der Waals surface area contributed by atoms with E-state index < -0.39 is 23.6 Å². The van der Waals surface area contributed by atoms with E-state index in [-0.39, 0.29) is 24.9 Å². The monoisotopic (exact) mass is 450 g/mol. The number of hydrogen-bond donors (Lipinski definition) is 1. The molecule has 2 aliphatic rings. The largest absolute Gasteiger partial charge is 0.416 e. The molecule has 2 aromatic rings. The van der Waals surface area contributed by atoms with Crippen molar-refractivity contribution in [3.63, 3.8) is 0 Å². The Kier molecular flexibility index (Phi) is 5.97. The Morgan fingerprint density at radius 3 is 2.48 bits per heavy atom. The van der Waals surface area contributed by atoms with Crippen molar-refractivity contribution >= 4 is 23.4 Å². The first-order valence-corrected chi connectivity index (χ1v) is 10.6. The normalized spacial score (nSPS) is 21.2. The molecule has 1 saturated heterocycles. The van der Waals surface area contributed by atoms with Gasteiger partial charge in [0.05, 0.1) is 11.5 Å². The minimum atomic E-state index is -4.48.